The highest BCUT2D eigenvalue weighted by Crippen LogP contribution is 2.28. The molecular formula is C16H10BrNOS. The molecule has 1 aliphatic heterocycles. The highest BCUT2D eigenvalue weighted by molar-refractivity contribution is 9.10. The summed E-state index contributed by atoms with van der Waals surface area (Å²) in [6.45, 7) is 0. The van der Waals surface area contributed by atoms with E-state index in [0.29, 0.717) is 5.70 Å². The van der Waals surface area contributed by atoms with Gasteiger partial charge in [0.05, 0.1) is 0 Å². The van der Waals surface area contributed by atoms with E-state index in [1.165, 1.54) is 11.8 Å². The third kappa shape index (κ3) is 2.92. The maximum atomic E-state index is 12.0. The first kappa shape index (κ1) is 13.3. The van der Waals surface area contributed by atoms with Crippen LogP contribution in [0.3, 0.4) is 0 Å². The summed E-state index contributed by atoms with van der Waals surface area (Å²) in [5.74, 6) is 0. The van der Waals surface area contributed by atoms with Crippen LogP contribution in [0.2, 0.25) is 0 Å². The Balaban J connectivity index is 1.92. The molecule has 0 amide bonds. The van der Waals surface area contributed by atoms with E-state index in [4.69, 9.17) is 0 Å². The Labute approximate surface area is 129 Å². The van der Waals surface area contributed by atoms with Crippen LogP contribution in [0.25, 0.3) is 6.08 Å². The lowest BCUT2D eigenvalue weighted by Gasteiger charge is -1.95. The minimum absolute atomic E-state index is 0.00762. The number of carbonyl (C=O) groups excluding carboxylic acids is 1. The molecule has 0 saturated carbocycles. The van der Waals surface area contributed by atoms with Crippen LogP contribution in [0.5, 0.6) is 0 Å². The Morgan fingerprint density at radius 2 is 1.70 bits per heavy atom. The first-order valence-electron chi connectivity index (χ1n) is 6.06. The number of aliphatic imine (C=N–C) groups is 1. The van der Waals surface area contributed by atoms with Gasteiger partial charge in [-0.2, -0.15) is 0 Å². The standard InChI is InChI=1S/C16H10BrNOS/c17-13-8-6-11(7-9-13)10-14-16(19)20-15(18-14)12-4-2-1-3-5-12/h1-10H. The average molecular weight is 344 g/mol. The van der Waals surface area contributed by atoms with Crippen molar-refractivity contribution >= 4 is 43.9 Å². The predicted molar refractivity (Wildman–Crippen MR) is 87.7 cm³/mol. The lowest BCUT2D eigenvalue weighted by molar-refractivity contribution is -0.107. The molecule has 0 fully saturated rings. The van der Waals surface area contributed by atoms with Crippen LogP contribution < -0.4 is 0 Å². The van der Waals surface area contributed by atoms with Crippen molar-refractivity contribution < 1.29 is 4.79 Å². The highest BCUT2D eigenvalue weighted by Gasteiger charge is 2.22. The lowest BCUT2D eigenvalue weighted by Crippen LogP contribution is -1.91. The summed E-state index contributed by atoms with van der Waals surface area (Å²) in [6, 6.07) is 17.5. The van der Waals surface area contributed by atoms with Gasteiger partial charge in [0.15, 0.2) is 0 Å². The maximum absolute atomic E-state index is 12.0. The van der Waals surface area contributed by atoms with Crippen LogP contribution in [0, 0.1) is 0 Å². The molecular weight excluding hydrogens is 334 g/mol. The number of hydrogen-bond donors (Lipinski definition) is 0. The third-order valence-electron chi connectivity index (χ3n) is 2.81. The topological polar surface area (TPSA) is 29.4 Å². The molecule has 0 unspecified atom stereocenters. The normalized spacial score (nSPS) is 16.6. The zero-order valence-corrected chi connectivity index (χ0v) is 12.8. The van der Waals surface area contributed by atoms with E-state index >= 15 is 0 Å². The van der Waals surface area contributed by atoms with Crippen molar-refractivity contribution in [1.82, 2.24) is 0 Å². The van der Waals surface area contributed by atoms with Crippen LogP contribution in [-0.4, -0.2) is 10.2 Å². The molecule has 3 rings (SSSR count). The fraction of sp³-hybridized carbons (Fsp3) is 0. The van der Waals surface area contributed by atoms with Crippen LogP contribution in [0.15, 0.2) is 69.8 Å². The molecule has 1 heterocycles. The summed E-state index contributed by atoms with van der Waals surface area (Å²) >= 11 is 4.57. The van der Waals surface area contributed by atoms with Crippen molar-refractivity contribution in [3.05, 3.63) is 75.9 Å². The zero-order valence-electron chi connectivity index (χ0n) is 10.4. The molecule has 20 heavy (non-hydrogen) atoms. The first-order chi connectivity index (χ1) is 9.72. The average Bonchev–Trinajstić information content (AvgIpc) is 2.84. The van der Waals surface area contributed by atoms with Gasteiger partial charge in [0.1, 0.15) is 10.7 Å². The molecule has 0 radical (unpaired) electrons. The van der Waals surface area contributed by atoms with Gasteiger partial charge in [-0.3, -0.25) is 4.79 Å². The Kier molecular flexibility index (Phi) is 3.85. The van der Waals surface area contributed by atoms with E-state index in [1.807, 2.05) is 60.7 Å². The van der Waals surface area contributed by atoms with Gasteiger partial charge in [-0.25, -0.2) is 4.99 Å². The van der Waals surface area contributed by atoms with Crippen molar-refractivity contribution in [3.8, 4) is 0 Å². The Morgan fingerprint density at radius 1 is 1.00 bits per heavy atom. The van der Waals surface area contributed by atoms with E-state index in [9.17, 15) is 4.79 Å². The number of nitrogens with zero attached hydrogens (tertiary/aromatic N) is 1. The molecule has 0 N–H and O–H groups in total. The summed E-state index contributed by atoms with van der Waals surface area (Å²) in [6.07, 6.45) is 1.82. The number of hydrogen-bond acceptors (Lipinski definition) is 3. The first-order valence-corrected chi connectivity index (χ1v) is 7.67. The number of halogens is 1. The van der Waals surface area contributed by atoms with Gasteiger partial charge in [-0.15, -0.1) is 0 Å². The summed E-state index contributed by atoms with van der Waals surface area (Å²) in [7, 11) is 0. The fourth-order valence-electron chi connectivity index (χ4n) is 1.83. The second-order valence-electron chi connectivity index (χ2n) is 4.25. The molecule has 2 aromatic carbocycles. The number of carbonyl (C=O) groups is 1. The molecule has 0 aromatic heterocycles. The third-order valence-corrected chi connectivity index (χ3v) is 4.26. The minimum Gasteiger partial charge on any atom is -0.279 e. The Bertz CT molecular complexity index is 705. The number of benzene rings is 2. The minimum atomic E-state index is -0.00762. The van der Waals surface area contributed by atoms with Crippen LogP contribution in [0.4, 0.5) is 0 Å². The van der Waals surface area contributed by atoms with E-state index in [1.54, 1.807) is 0 Å². The van der Waals surface area contributed by atoms with Gasteiger partial charge in [-0.1, -0.05) is 58.4 Å². The van der Waals surface area contributed by atoms with Gasteiger partial charge in [-0.05, 0) is 35.5 Å². The quantitative estimate of drug-likeness (QED) is 0.750. The van der Waals surface area contributed by atoms with Crippen LogP contribution >= 0.6 is 27.7 Å². The van der Waals surface area contributed by atoms with Gasteiger partial charge in [0.2, 0.25) is 5.12 Å². The van der Waals surface area contributed by atoms with Crippen molar-refractivity contribution in [2.75, 3.05) is 0 Å². The summed E-state index contributed by atoms with van der Waals surface area (Å²) in [4.78, 5) is 16.4. The van der Waals surface area contributed by atoms with E-state index < -0.39 is 0 Å². The van der Waals surface area contributed by atoms with Crippen molar-refractivity contribution in [3.63, 3.8) is 0 Å². The Morgan fingerprint density at radius 3 is 2.40 bits per heavy atom. The molecule has 98 valence electrons. The molecule has 1 aliphatic rings. The predicted octanol–water partition coefficient (Wildman–Crippen LogP) is 4.51. The molecule has 4 heteroatoms. The maximum Gasteiger partial charge on any atom is 0.244 e. The van der Waals surface area contributed by atoms with Crippen molar-refractivity contribution in [2.24, 2.45) is 4.99 Å². The van der Waals surface area contributed by atoms with Crippen molar-refractivity contribution in [1.29, 1.82) is 0 Å². The van der Waals surface area contributed by atoms with E-state index in [2.05, 4.69) is 20.9 Å². The monoisotopic (exact) mass is 343 g/mol. The SMILES string of the molecule is O=C1SC(c2ccccc2)=NC1=Cc1ccc(Br)cc1. The number of rotatable bonds is 2. The van der Waals surface area contributed by atoms with Crippen LogP contribution in [-0.2, 0) is 4.79 Å². The summed E-state index contributed by atoms with van der Waals surface area (Å²) < 4.78 is 1.01. The molecule has 0 atom stereocenters. The number of thioether (sulfide) groups is 1. The highest BCUT2D eigenvalue weighted by atomic mass is 79.9. The summed E-state index contributed by atoms with van der Waals surface area (Å²) in [5, 5.41) is 0.755. The van der Waals surface area contributed by atoms with Gasteiger partial charge >= 0.3 is 0 Å². The van der Waals surface area contributed by atoms with E-state index in [-0.39, 0.29) is 5.12 Å². The molecule has 0 saturated heterocycles. The largest absolute Gasteiger partial charge is 0.279 e. The summed E-state index contributed by atoms with van der Waals surface area (Å²) in [5.41, 5.74) is 2.44. The fourth-order valence-corrected chi connectivity index (χ4v) is 2.88. The molecule has 0 bridgehead atoms. The van der Waals surface area contributed by atoms with Gasteiger partial charge in [0.25, 0.3) is 0 Å². The molecule has 2 nitrogen and oxygen atoms in total. The lowest BCUT2D eigenvalue weighted by atomic mass is 10.2. The molecule has 2 aromatic rings. The van der Waals surface area contributed by atoms with Gasteiger partial charge < -0.3 is 0 Å². The van der Waals surface area contributed by atoms with Crippen molar-refractivity contribution in [2.45, 2.75) is 0 Å². The molecule has 0 aliphatic carbocycles. The second-order valence-corrected chi connectivity index (χ2v) is 6.13. The molecule has 0 spiro atoms. The Hall–Kier alpha value is -1.65. The van der Waals surface area contributed by atoms with Gasteiger partial charge in [0, 0.05) is 10.0 Å². The van der Waals surface area contributed by atoms with Crippen LogP contribution in [0.1, 0.15) is 11.1 Å². The zero-order chi connectivity index (χ0) is 13.9. The smallest absolute Gasteiger partial charge is 0.244 e. The van der Waals surface area contributed by atoms with E-state index in [0.717, 1.165) is 20.6 Å². The second kappa shape index (κ2) is 5.77.